The van der Waals surface area contributed by atoms with Crippen molar-refractivity contribution in [1.29, 1.82) is 0 Å². The highest BCUT2D eigenvalue weighted by atomic mass is 16.3. The van der Waals surface area contributed by atoms with E-state index in [2.05, 4.69) is 10.6 Å². The summed E-state index contributed by atoms with van der Waals surface area (Å²) in [7, 11) is 0. The van der Waals surface area contributed by atoms with Crippen molar-refractivity contribution in [3.63, 3.8) is 0 Å². The number of carbonyl (C=O) groups is 1. The van der Waals surface area contributed by atoms with Crippen molar-refractivity contribution >= 4 is 5.91 Å². The summed E-state index contributed by atoms with van der Waals surface area (Å²) in [4.78, 5) is 11.9. The van der Waals surface area contributed by atoms with E-state index >= 15 is 0 Å². The van der Waals surface area contributed by atoms with Gasteiger partial charge in [-0.15, -0.1) is 0 Å². The van der Waals surface area contributed by atoms with Crippen molar-refractivity contribution in [3.05, 3.63) is 0 Å². The van der Waals surface area contributed by atoms with E-state index in [9.17, 15) is 9.90 Å². The lowest BCUT2D eigenvalue weighted by Crippen LogP contribution is -2.51. The number of rotatable bonds is 3. The zero-order chi connectivity index (χ0) is 12.1. The van der Waals surface area contributed by atoms with Crippen molar-refractivity contribution in [2.24, 2.45) is 0 Å². The summed E-state index contributed by atoms with van der Waals surface area (Å²) in [6.07, 6.45) is 8.21. The van der Waals surface area contributed by atoms with Crippen LogP contribution in [0.3, 0.4) is 0 Å². The van der Waals surface area contributed by atoms with Crippen molar-refractivity contribution < 1.29 is 9.90 Å². The van der Waals surface area contributed by atoms with Gasteiger partial charge in [0.2, 0.25) is 5.91 Å². The number of hydrogen-bond donors (Lipinski definition) is 3. The molecular weight excluding hydrogens is 216 g/mol. The van der Waals surface area contributed by atoms with Crippen molar-refractivity contribution in [1.82, 2.24) is 10.6 Å². The van der Waals surface area contributed by atoms with Crippen LogP contribution in [0.4, 0.5) is 0 Å². The molecule has 0 aromatic carbocycles. The fraction of sp³-hybridized carbons (Fsp3) is 0.923. The molecule has 4 heteroatoms. The van der Waals surface area contributed by atoms with E-state index in [1.807, 2.05) is 0 Å². The van der Waals surface area contributed by atoms with Gasteiger partial charge >= 0.3 is 0 Å². The Balaban J connectivity index is 1.74. The Hall–Kier alpha value is -0.610. The van der Waals surface area contributed by atoms with Crippen LogP contribution in [-0.4, -0.2) is 35.7 Å². The molecule has 17 heavy (non-hydrogen) atoms. The predicted octanol–water partition coefficient (Wildman–Crippen LogP) is 0.940. The highest BCUT2D eigenvalue weighted by molar-refractivity contribution is 5.81. The van der Waals surface area contributed by atoms with Crippen LogP contribution < -0.4 is 10.6 Å². The molecule has 0 aromatic rings. The van der Waals surface area contributed by atoms with Gasteiger partial charge in [0.05, 0.1) is 11.6 Å². The Bertz CT molecular complexity index is 256. The SMILES string of the molecule is O=C(NCC1(O)CCCCC1)[C@H]1CCCCN1. The van der Waals surface area contributed by atoms with Crippen LogP contribution in [0.5, 0.6) is 0 Å². The van der Waals surface area contributed by atoms with Gasteiger partial charge in [0.25, 0.3) is 0 Å². The standard InChI is InChI=1S/C13H24N2O2/c16-12(11-6-2-5-9-14-11)15-10-13(17)7-3-1-4-8-13/h11,14,17H,1-10H2,(H,15,16)/t11-/m1/s1. The average molecular weight is 240 g/mol. The highest BCUT2D eigenvalue weighted by Crippen LogP contribution is 2.27. The molecule has 0 bridgehead atoms. The average Bonchev–Trinajstić information content (AvgIpc) is 2.38. The van der Waals surface area contributed by atoms with Crippen LogP contribution in [0.25, 0.3) is 0 Å². The van der Waals surface area contributed by atoms with Crippen LogP contribution in [0.15, 0.2) is 0 Å². The molecule has 2 aliphatic rings. The first-order valence-corrected chi connectivity index (χ1v) is 6.93. The van der Waals surface area contributed by atoms with E-state index in [0.717, 1.165) is 51.5 Å². The third kappa shape index (κ3) is 3.68. The summed E-state index contributed by atoms with van der Waals surface area (Å²) in [6, 6.07) is -0.0454. The lowest BCUT2D eigenvalue weighted by Gasteiger charge is -2.33. The minimum Gasteiger partial charge on any atom is -0.388 e. The molecule has 1 heterocycles. The van der Waals surface area contributed by atoms with Crippen molar-refractivity contribution in [2.75, 3.05) is 13.1 Å². The summed E-state index contributed by atoms with van der Waals surface area (Å²) < 4.78 is 0. The number of carbonyl (C=O) groups excluding carboxylic acids is 1. The quantitative estimate of drug-likeness (QED) is 0.688. The van der Waals surface area contributed by atoms with E-state index < -0.39 is 5.60 Å². The molecular formula is C13H24N2O2. The fourth-order valence-corrected chi connectivity index (χ4v) is 2.84. The van der Waals surface area contributed by atoms with Gasteiger partial charge in [-0.1, -0.05) is 25.7 Å². The Kier molecular flexibility index (Phi) is 4.40. The molecule has 1 aliphatic carbocycles. The number of piperidine rings is 1. The highest BCUT2D eigenvalue weighted by Gasteiger charge is 2.30. The van der Waals surface area contributed by atoms with E-state index in [4.69, 9.17) is 0 Å². The Morgan fingerprint density at radius 2 is 2.00 bits per heavy atom. The summed E-state index contributed by atoms with van der Waals surface area (Å²) in [6.45, 7) is 1.35. The summed E-state index contributed by atoms with van der Waals surface area (Å²) in [5.41, 5.74) is -0.650. The normalized spacial score (nSPS) is 28.6. The van der Waals surface area contributed by atoms with E-state index in [-0.39, 0.29) is 11.9 Å². The van der Waals surface area contributed by atoms with E-state index in [1.54, 1.807) is 0 Å². The van der Waals surface area contributed by atoms with Crippen LogP contribution in [0.2, 0.25) is 0 Å². The van der Waals surface area contributed by atoms with Crippen LogP contribution in [-0.2, 0) is 4.79 Å². The topological polar surface area (TPSA) is 61.4 Å². The summed E-state index contributed by atoms with van der Waals surface area (Å²) in [5.74, 6) is 0.0590. The number of hydrogen-bond acceptors (Lipinski definition) is 3. The van der Waals surface area contributed by atoms with Gasteiger partial charge in [0, 0.05) is 6.54 Å². The second kappa shape index (κ2) is 5.83. The molecule has 2 fully saturated rings. The molecule has 98 valence electrons. The van der Waals surface area contributed by atoms with Crippen LogP contribution in [0.1, 0.15) is 51.4 Å². The van der Waals surface area contributed by atoms with Crippen molar-refractivity contribution in [2.45, 2.75) is 63.0 Å². The largest absolute Gasteiger partial charge is 0.388 e. The molecule has 1 amide bonds. The molecule has 2 rings (SSSR count). The number of aliphatic hydroxyl groups is 1. The monoisotopic (exact) mass is 240 g/mol. The molecule has 1 saturated heterocycles. The summed E-state index contributed by atoms with van der Waals surface area (Å²) >= 11 is 0. The Morgan fingerprint density at radius 1 is 1.24 bits per heavy atom. The van der Waals surface area contributed by atoms with Gasteiger partial charge in [-0.05, 0) is 32.2 Å². The van der Waals surface area contributed by atoms with Gasteiger partial charge in [-0.25, -0.2) is 0 Å². The first-order valence-electron chi connectivity index (χ1n) is 6.93. The zero-order valence-electron chi connectivity index (χ0n) is 10.5. The molecule has 0 unspecified atom stereocenters. The maximum absolute atomic E-state index is 11.9. The lowest BCUT2D eigenvalue weighted by molar-refractivity contribution is -0.125. The number of nitrogens with one attached hydrogen (secondary N) is 2. The molecule has 0 radical (unpaired) electrons. The second-order valence-corrected chi connectivity index (χ2v) is 5.51. The van der Waals surface area contributed by atoms with Gasteiger partial charge in [-0.3, -0.25) is 4.79 Å². The minimum atomic E-state index is -0.650. The lowest BCUT2D eigenvalue weighted by atomic mass is 9.85. The first kappa shape index (κ1) is 12.8. The van der Waals surface area contributed by atoms with E-state index in [0.29, 0.717) is 6.54 Å². The Labute approximate surface area is 103 Å². The third-order valence-electron chi connectivity index (χ3n) is 4.00. The van der Waals surface area contributed by atoms with Gasteiger partial charge in [0.15, 0.2) is 0 Å². The minimum absolute atomic E-state index is 0.0454. The molecule has 4 nitrogen and oxygen atoms in total. The van der Waals surface area contributed by atoms with Gasteiger partial charge in [0.1, 0.15) is 0 Å². The zero-order valence-corrected chi connectivity index (χ0v) is 10.5. The second-order valence-electron chi connectivity index (χ2n) is 5.51. The molecule has 0 aromatic heterocycles. The molecule has 1 atom stereocenters. The predicted molar refractivity (Wildman–Crippen MR) is 66.7 cm³/mol. The molecule has 1 saturated carbocycles. The van der Waals surface area contributed by atoms with Gasteiger partial charge < -0.3 is 15.7 Å². The maximum atomic E-state index is 11.9. The van der Waals surface area contributed by atoms with Crippen LogP contribution in [0, 0.1) is 0 Å². The third-order valence-corrected chi connectivity index (χ3v) is 4.00. The Morgan fingerprint density at radius 3 is 2.65 bits per heavy atom. The number of amides is 1. The van der Waals surface area contributed by atoms with Gasteiger partial charge in [-0.2, -0.15) is 0 Å². The van der Waals surface area contributed by atoms with E-state index in [1.165, 1.54) is 6.42 Å². The molecule has 0 spiro atoms. The summed E-state index contributed by atoms with van der Waals surface area (Å²) in [5, 5.41) is 16.4. The van der Waals surface area contributed by atoms with Crippen molar-refractivity contribution in [3.8, 4) is 0 Å². The maximum Gasteiger partial charge on any atom is 0.237 e. The molecule has 1 aliphatic heterocycles. The fourth-order valence-electron chi connectivity index (χ4n) is 2.84. The molecule has 3 N–H and O–H groups in total. The van der Waals surface area contributed by atoms with Crippen LogP contribution >= 0.6 is 0 Å². The first-order chi connectivity index (χ1) is 8.20. The smallest absolute Gasteiger partial charge is 0.237 e.